The zero-order chi connectivity index (χ0) is 10.1. The van der Waals surface area contributed by atoms with E-state index in [2.05, 4.69) is 15.9 Å². The molecule has 72 valence electrons. The lowest BCUT2D eigenvalue weighted by atomic mass is 10.1. The van der Waals surface area contributed by atoms with Crippen LogP contribution in [0.15, 0.2) is 34.8 Å². The Balaban J connectivity index is 2.78. The lowest BCUT2D eigenvalue weighted by molar-refractivity contribution is 0.415. The monoisotopic (exact) mass is 254 g/mol. The van der Waals surface area contributed by atoms with Gasteiger partial charge in [-0.05, 0) is 39.5 Å². The van der Waals surface area contributed by atoms with Crippen molar-refractivity contribution in [1.29, 1.82) is 0 Å². The second-order valence-corrected chi connectivity index (χ2v) is 3.74. The molecule has 0 radical (unpaired) electrons. The van der Waals surface area contributed by atoms with E-state index in [1.807, 2.05) is 18.2 Å². The molecule has 0 N–H and O–H groups in total. The van der Waals surface area contributed by atoms with Crippen LogP contribution in [0.1, 0.15) is 0 Å². The van der Waals surface area contributed by atoms with Gasteiger partial charge in [-0.15, -0.1) is 0 Å². The maximum atomic E-state index is 13.2. The van der Waals surface area contributed by atoms with Crippen LogP contribution in [-0.2, 0) is 0 Å². The largest absolute Gasteiger partial charge is 0.497 e. The molecule has 0 heterocycles. The van der Waals surface area contributed by atoms with Crippen LogP contribution in [0.2, 0.25) is 0 Å². The summed E-state index contributed by atoms with van der Waals surface area (Å²) >= 11 is 3.21. The van der Waals surface area contributed by atoms with E-state index in [1.165, 1.54) is 6.07 Å². The maximum Gasteiger partial charge on any atom is 0.138 e. The zero-order valence-corrected chi connectivity index (χ0v) is 9.14. The first-order valence-corrected chi connectivity index (χ1v) is 4.93. The third-order valence-electron chi connectivity index (χ3n) is 2.12. The zero-order valence-electron chi connectivity index (χ0n) is 7.55. The molecule has 0 aliphatic carbocycles. The molecule has 1 nitrogen and oxygen atoms in total. The summed E-state index contributed by atoms with van der Waals surface area (Å²) in [5.74, 6) is 0.467. The van der Waals surface area contributed by atoms with Crippen molar-refractivity contribution in [1.82, 2.24) is 0 Å². The van der Waals surface area contributed by atoms with Gasteiger partial charge in [0.1, 0.15) is 11.6 Å². The molecule has 14 heavy (non-hydrogen) atoms. The molecule has 0 unspecified atom stereocenters. The molecule has 0 aliphatic rings. The van der Waals surface area contributed by atoms with E-state index >= 15 is 0 Å². The van der Waals surface area contributed by atoms with Crippen LogP contribution in [0.25, 0.3) is 10.8 Å². The molecule has 2 rings (SSSR count). The fourth-order valence-corrected chi connectivity index (χ4v) is 1.84. The predicted octanol–water partition coefficient (Wildman–Crippen LogP) is 3.75. The summed E-state index contributed by atoms with van der Waals surface area (Å²) in [6, 6.07) is 8.75. The van der Waals surface area contributed by atoms with Crippen molar-refractivity contribution in [3.8, 4) is 5.75 Å². The number of hydrogen-bond donors (Lipinski definition) is 0. The van der Waals surface area contributed by atoms with Crippen molar-refractivity contribution in [3.63, 3.8) is 0 Å². The van der Waals surface area contributed by atoms with E-state index in [1.54, 1.807) is 13.2 Å². The molecule has 0 amide bonds. The summed E-state index contributed by atoms with van der Waals surface area (Å²) in [5.41, 5.74) is 0. The van der Waals surface area contributed by atoms with Crippen molar-refractivity contribution in [2.45, 2.75) is 0 Å². The van der Waals surface area contributed by atoms with Crippen LogP contribution >= 0.6 is 15.9 Å². The van der Waals surface area contributed by atoms with Gasteiger partial charge in [-0.25, -0.2) is 4.39 Å². The minimum atomic E-state index is -0.259. The number of fused-ring (bicyclic) bond motifs is 1. The first-order valence-electron chi connectivity index (χ1n) is 4.14. The summed E-state index contributed by atoms with van der Waals surface area (Å²) in [5, 5.41) is 1.81. The molecule has 0 spiro atoms. The van der Waals surface area contributed by atoms with E-state index in [0.29, 0.717) is 4.47 Å². The summed E-state index contributed by atoms with van der Waals surface area (Å²) in [7, 11) is 1.59. The molecule has 0 aromatic heterocycles. The summed E-state index contributed by atoms with van der Waals surface area (Å²) in [4.78, 5) is 0. The first-order chi connectivity index (χ1) is 6.72. The minimum Gasteiger partial charge on any atom is -0.497 e. The van der Waals surface area contributed by atoms with Crippen LogP contribution in [0.5, 0.6) is 5.75 Å². The lowest BCUT2D eigenvalue weighted by Crippen LogP contribution is -1.84. The number of halogens is 2. The minimum absolute atomic E-state index is 0.259. The van der Waals surface area contributed by atoms with E-state index in [-0.39, 0.29) is 5.82 Å². The van der Waals surface area contributed by atoms with Crippen molar-refractivity contribution in [2.75, 3.05) is 7.11 Å². The van der Waals surface area contributed by atoms with Gasteiger partial charge < -0.3 is 4.74 Å². The molecule has 2 aromatic carbocycles. The van der Waals surface area contributed by atoms with E-state index in [9.17, 15) is 4.39 Å². The van der Waals surface area contributed by atoms with Gasteiger partial charge in [-0.1, -0.05) is 12.1 Å². The van der Waals surface area contributed by atoms with Gasteiger partial charge in [0.2, 0.25) is 0 Å². The Morgan fingerprint density at radius 2 is 1.93 bits per heavy atom. The normalized spacial score (nSPS) is 10.5. The van der Waals surface area contributed by atoms with Gasteiger partial charge in [0, 0.05) is 5.39 Å². The third-order valence-corrected chi connectivity index (χ3v) is 2.92. The van der Waals surface area contributed by atoms with Gasteiger partial charge in [0.05, 0.1) is 11.6 Å². The van der Waals surface area contributed by atoms with Crippen molar-refractivity contribution in [2.24, 2.45) is 0 Å². The Hall–Kier alpha value is -1.09. The first kappa shape index (κ1) is 9.46. The van der Waals surface area contributed by atoms with E-state index < -0.39 is 0 Å². The predicted molar refractivity (Wildman–Crippen MR) is 58.2 cm³/mol. The van der Waals surface area contributed by atoms with E-state index in [4.69, 9.17) is 4.74 Å². The standard InChI is InChI=1S/C11H8BrFO/c1-14-8-4-2-7-3-5-10(13)11(12)9(7)6-8/h2-6H,1H3. The Morgan fingerprint density at radius 3 is 2.64 bits per heavy atom. The summed E-state index contributed by atoms with van der Waals surface area (Å²) in [6.45, 7) is 0. The van der Waals surface area contributed by atoms with Gasteiger partial charge in [-0.3, -0.25) is 0 Å². The topological polar surface area (TPSA) is 9.23 Å². The second kappa shape index (κ2) is 3.58. The van der Waals surface area contributed by atoms with Gasteiger partial charge in [0.15, 0.2) is 0 Å². The van der Waals surface area contributed by atoms with Crippen LogP contribution < -0.4 is 4.74 Å². The number of hydrogen-bond acceptors (Lipinski definition) is 1. The molecule has 0 saturated carbocycles. The molecule has 0 bridgehead atoms. The van der Waals surface area contributed by atoms with Gasteiger partial charge >= 0.3 is 0 Å². The Morgan fingerprint density at radius 1 is 1.21 bits per heavy atom. The Labute approximate surface area is 89.6 Å². The average Bonchev–Trinajstić information content (AvgIpc) is 2.23. The van der Waals surface area contributed by atoms with Crippen molar-refractivity contribution < 1.29 is 9.13 Å². The molecule has 2 aromatic rings. The number of benzene rings is 2. The molecule has 0 fully saturated rings. The molecule has 0 atom stereocenters. The van der Waals surface area contributed by atoms with Crippen molar-refractivity contribution >= 4 is 26.7 Å². The van der Waals surface area contributed by atoms with Crippen LogP contribution in [0.3, 0.4) is 0 Å². The number of rotatable bonds is 1. The maximum absolute atomic E-state index is 13.2. The lowest BCUT2D eigenvalue weighted by Gasteiger charge is -2.04. The second-order valence-electron chi connectivity index (χ2n) is 2.95. The Kier molecular flexibility index (Phi) is 2.42. The summed E-state index contributed by atoms with van der Waals surface area (Å²) in [6.07, 6.45) is 0. The molecular formula is C11H8BrFO. The molecule has 3 heteroatoms. The average molecular weight is 255 g/mol. The van der Waals surface area contributed by atoms with Crippen LogP contribution in [0.4, 0.5) is 4.39 Å². The highest BCUT2D eigenvalue weighted by Crippen LogP contribution is 2.29. The SMILES string of the molecule is COc1ccc2ccc(F)c(Br)c2c1. The number of ether oxygens (including phenoxy) is 1. The Bertz CT molecular complexity index is 482. The van der Waals surface area contributed by atoms with Crippen LogP contribution in [-0.4, -0.2) is 7.11 Å². The van der Waals surface area contributed by atoms with Crippen molar-refractivity contribution in [3.05, 3.63) is 40.6 Å². The molecule has 0 saturated heterocycles. The highest BCUT2D eigenvalue weighted by Gasteiger charge is 2.05. The molecular weight excluding hydrogens is 247 g/mol. The fraction of sp³-hybridized carbons (Fsp3) is 0.0909. The number of methoxy groups -OCH3 is 1. The molecule has 0 aliphatic heterocycles. The fourth-order valence-electron chi connectivity index (χ4n) is 1.36. The third kappa shape index (κ3) is 1.48. The van der Waals surface area contributed by atoms with E-state index in [0.717, 1.165) is 16.5 Å². The quantitative estimate of drug-likeness (QED) is 0.754. The van der Waals surface area contributed by atoms with Gasteiger partial charge in [0.25, 0.3) is 0 Å². The smallest absolute Gasteiger partial charge is 0.138 e. The van der Waals surface area contributed by atoms with Crippen LogP contribution in [0, 0.1) is 5.82 Å². The summed E-state index contributed by atoms with van der Waals surface area (Å²) < 4.78 is 18.8. The van der Waals surface area contributed by atoms with Gasteiger partial charge in [-0.2, -0.15) is 0 Å². The highest BCUT2D eigenvalue weighted by molar-refractivity contribution is 9.10. The highest BCUT2D eigenvalue weighted by atomic mass is 79.9.